The summed E-state index contributed by atoms with van der Waals surface area (Å²) in [5, 5.41) is 0. The first-order chi connectivity index (χ1) is 8.29. The molecule has 0 saturated carbocycles. The van der Waals surface area contributed by atoms with Gasteiger partial charge in [0.05, 0.1) is 6.61 Å². The highest BCUT2D eigenvalue weighted by atomic mass is 32.1. The number of ether oxygens (including phenoxy) is 1. The maximum atomic E-state index is 5.65. The summed E-state index contributed by atoms with van der Waals surface area (Å²) in [6.07, 6.45) is 2.29. The lowest BCUT2D eigenvalue weighted by Gasteiger charge is -2.05. The standard InChI is InChI=1S/C15H18OS/c1-3-4-11-16-14-8-6-13(7-9-14)15-10-5-12(2)17-15/h5-10H,3-4,11H2,1-2H3. The largest absolute Gasteiger partial charge is 0.494 e. The van der Waals surface area contributed by atoms with Gasteiger partial charge in [-0.3, -0.25) is 0 Å². The molecular weight excluding hydrogens is 228 g/mol. The molecule has 2 aromatic rings. The van der Waals surface area contributed by atoms with Crippen LogP contribution in [0.25, 0.3) is 10.4 Å². The molecule has 0 saturated heterocycles. The van der Waals surface area contributed by atoms with Crippen LogP contribution in [0.2, 0.25) is 0 Å². The topological polar surface area (TPSA) is 9.23 Å². The Labute approximate surface area is 107 Å². The second kappa shape index (κ2) is 5.87. The van der Waals surface area contributed by atoms with Gasteiger partial charge in [0.1, 0.15) is 5.75 Å². The summed E-state index contributed by atoms with van der Waals surface area (Å²) in [6.45, 7) is 5.12. The predicted molar refractivity (Wildman–Crippen MR) is 74.9 cm³/mol. The van der Waals surface area contributed by atoms with Crippen LogP contribution in [-0.4, -0.2) is 6.61 Å². The molecule has 0 bridgehead atoms. The molecule has 2 heteroatoms. The van der Waals surface area contributed by atoms with E-state index in [0.29, 0.717) is 0 Å². The van der Waals surface area contributed by atoms with E-state index in [1.165, 1.54) is 21.7 Å². The molecule has 0 N–H and O–H groups in total. The summed E-state index contributed by atoms with van der Waals surface area (Å²) < 4.78 is 5.65. The zero-order chi connectivity index (χ0) is 12.1. The molecule has 0 aliphatic rings. The molecule has 90 valence electrons. The number of rotatable bonds is 5. The minimum Gasteiger partial charge on any atom is -0.494 e. The summed E-state index contributed by atoms with van der Waals surface area (Å²) in [5.41, 5.74) is 1.27. The van der Waals surface area contributed by atoms with E-state index in [0.717, 1.165) is 18.8 Å². The Bertz CT molecular complexity index is 456. The smallest absolute Gasteiger partial charge is 0.119 e. The van der Waals surface area contributed by atoms with Crippen molar-refractivity contribution >= 4 is 11.3 Å². The first-order valence-corrected chi connectivity index (χ1v) is 6.91. The number of unbranched alkanes of at least 4 members (excludes halogenated alkanes) is 1. The Hall–Kier alpha value is -1.28. The van der Waals surface area contributed by atoms with Crippen molar-refractivity contribution in [3.63, 3.8) is 0 Å². The van der Waals surface area contributed by atoms with Gasteiger partial charge in [0.25, 0.3) is 0 Å². The number of hydrogen-bond acceptors (Lipinski definition) is 2. The molecule has 1 nitrogen and oxygen atoms in total. The molecule has 1 aromatic heterocycles. The lowest BCUT2D eigenvalue weighted by atomic mass is 10.2. The number of hydrogen-bond donors (Lipinski definition) is 0. The fourth-order valence-electron chi connectivity index (χ4n) is 1.64. The van der Waals surface area contributed by atoms with Gasteiger partial charge in [0.15, 0.2) is 0 Å². The lowest BCUT2D eigenvalue weighted by Crippen LogP contribution is -1.95. The molecule has 1 aromatic carbocycles. The third-order valence-electron chi connectivity index (χ3n) is 2.65. The van der Waals surface area contributed by atoms with Crippen molar-refractivity contribution < 1.29 is 4.74 Å². The highest BCUT2D eigenvalue weighted by Crippen LogP contribution is 2.28. The SMILES string of the molecule is CCCCOc1ccc(-c2ccc(C)s2)cc1. The Morgan fingerprint density at radius 3 is 2.41 bits per heavy atom. The third-order valence-corrected chi connectivity index (χ3v) is 3.70. The summed E-state index contributed by atoms with van der Waals surface area (Å²) in [5.74, 6) is 0.968. The van der Waals surface area contributed by atoms with Crippen molar-refractivity contribution in [2.75, 3.05) is 6.61 Å². The van der Waals surface area contributed by atoms with Crippen LogP contribution >= 0.6 is 11.3 Å². The van der Waals surface area contributed by atoms with Crippen LogP contribution in [0.3, 0.4) is 0 Å². The second-order valence-corrected chi connectivity index (χ2v) is 5.42. The van der Waals surface area contributed by atoms with Gasteiger partial charge in [0.2, 0.25) is 0 Å². The molecule has 0 unspecified atom stereocenters. The molecule has 2 rings (SSSR count). The van der Waals surface area contributed by atoms with Crippen molar-refractivity contribution in [1.29, 1.82) is 0 Å². The fourth-order valence-corrected chi connectivity index (χ4v) is 2.51. The van der Waals surface area contributed by atoms with E-state index in [9.17, 15) is 0 Å². The third kappa shape index (κ3) is 3.34. The minimum atomic E-state index is 0.813. The van der Waals surface area contributed by atoms with Gasteiger partial charge in [-0.25, -0.2) is 0 Å². The number of aryl methyl sites for hydroxylation is 1. The predicted octanol–water partition coefficient (Wildman–Crippen LogP) is 4.90. The summed E-state index contributed by atoms with van der Waals surface area (Å²) in [4.78, 5) is 2.67. The Kier molecular flexibility index (Phi) is 4.21. The Balaban J connectivity index is 2.02. The van der Waals surface area contributed by atoms with E-state index >= 15 is 0 Å². The molecular formula is C15H18OS. The highest BCUT2D eigenvalue weighted by molar-refractivity contribution is 7.15. The number of thiophene rings is 1. The van der Waals surface area contributed by atoms with Crippen LogP contribution < -0.4 is 4.74 Å². The summed E-state index contributed by atoms with van der Waals surface area (Å²) in [6, 6.07) is 12.7. The fraction of sp³-hybridized carbons (Fsp3) is 0.333. The van der Waals surface area contributed by atoms with Crippen molar-refractivity contribution in [3.05, 3.63) is 41.3 Å². The van der Waals surface area contributed by atoms with Crippen molar-refractivity contribution in [3.8, 4) is 16.2 Å². The first kappa shape index (κ1) is 12.2. The normalized spacial score (nSPS) is 10.5. The summed E-state index contributed by atoms with van der Waals surface area (Å²) in [7, 11) is 0. The molecule has 1 heterocycles. The Morgan fingerprint density at radius 2 is 1.82 bits per heavy atom. The molecule has 0 aliphatic heterocycles. The van der Waals surface area contributed by atoms with Gasteiger partial charge in [0, 0.05) is 9.75 Å². The zero-order valence-electron chi connectivity index (χ0n) is 10.4. The highest BCUT2D eigenvalue weighted by Gasteiger charge is 2.01. The van der Waals surface area contributed by atoms with Gasteiger partial charge >= 0.3 is 0 Å². The average Bonchev–Trinajstić information content (AvgIpc) is 2.77. The molecule has 0 fully saturated rings. The minimum absolute atomic E-state index is 0.813. The van der Waals surface area contributed by atoms with Crippen LogP contribution in [0.15, 0.2) is 36.4 Å². The second-order valence-electron chi connectivity index (χ2n) is 4.14. The van der Waals surface area contributed by atoms with Gasteiger partial charge in [-0.2, -0.15) is 0 Å². The maximum absolute atomic E-state index is 5.65. The number of benzene rings is 1. The first-order valence-electron chi connectivity index (χ1n) is 6.09. The van der Waals surface area contributed by atoms with E-state index in [1.54, 1.807) is 0 Å². The molecule has 17 heavy (non-hydrogen) atoms. The molecule has 0 amide bonds. The Morgan fingerprint density at radius 1 is 1.06 bits per heavy atom. The van der Waals surface area contributed by atoms with Crippen LogP contribution in [-0.2, 0) is 0 Å². The van der Waals surface area contributed by atoms with Crippen LogP contribution in [0, 0.1) is 6.92 Å². The van der Waals surface area contributed by atoms with E-state index < -0.39 is 0 Å². The van der Waals surface area contributed by atoms with Gasteiger partial charge in [-0.15, -0.1) is 11.3 Å². The van der Waals surface area contributed by atoms with Crippen molar-refractivity contribution in [2.45, 2.75) is 26.7 Å². The lowest BCUT2D eigenvalue weighted by molar-refractivity contribution is 0.309. The summed E-state index contributed by atoms with van der Waals surface area (Å²) >= 11 is 1.83. The average molecular weight is 246 g/mol. The maximum Gasteiger partial charge on any atom is 0.119 e. The quantitative estimate of drug-likeness (QED) is 0.682. The zero-order valence-corrected chi connectivity index (χ0v) is 11.2. The molecule has 0 atom stereocenters. The van der Waals surface area contributed by atoms with E-state index in [-0.39, 0.29) is 0 Å². The van der Waals surface area contributed by atoms with Crippen molar-refractivity contribution in [1.82, 2.24) is 0 Å². The monoisotopic (exact) mass is 246 g/mol. The van der Waals surface area contributed by atoms with E-state index in [2.05, 4.69) is 50.2 Å². The van der Waals surface area contributed by atoms with Gasteiger partial charge < -0.3 is 4.74 Å². The van der Waals surface area contributed by atoms with E-state index in [4.69, 9.17) is 4.74 Å². The van der Waals surface area contributed by atoms with Crippen LogP contribution in [0.4, 0.5) is 0 Å². The van der Waals surface area contributed by atoms with Crippen molar-refractivity contribution in [2.24, 2.45) is 0 Å². The van der Waals surface area contributed by atoms with Crippen LogP contribution in [0.5, 0.6) is 5.75 Å². The molecule has 0 aliphatic carbocycles. The van der Waals surface area contributed by atoms with Gasteiger partial charge in [-0.1, -0.05) is 13.3 Å². The molecule has 0 radical (unpaired) electrons. The van der Waals surface area contributed by atoms with Crippen LogP contribution in [0.1, 0.15) is 24.6 Å². The van der Waals surface area contributed by atoms with E-state index in [1.807, 2.05) is 11.3 Å². The molecule has 0 spiro atoms. The van der Waals surface area contributed by atoms with Gasteiger partial charge in [-0.05, 0) is 55.3 Å².